The van der Waals surface area contributed by atoms with Gasteiger partial charge in [0.1, 0.15) is 12.4 Å². The number of ether oxygens (including phenoxy) is 1. The van der Waals surface area contributed by atoms with Gasteiger partial charge in [-0.25, -0.2) is 4.79 Å². The Morgan fingerprint density at radius 2 is 2.31 bits per heavy atom. The van der Waals surface area contributed by atoms with Gasteiger partial charge in [-0.1, -0.05) is 6.92 Å². The van der Waals surface area contributed by atoms with Crippen molar-refractivity contribution in [3.8, 4) is 0 Å². The minimum atomic E-state index is -1.06. The molecule has 1 rings (SSSR count). The van der Waals surface area contributed by atoms with E-state index in [0.717, 1.165) is 17.7 Å². The summed E-state index contributed by atoms with van der Waals surface area (Å²) in [6.07, 6.45) is 2.71. The Labute approximate surface area is 94.5 Å². The van der Waals surface area contributed by atoms with E-state index in [1.54, 1.807) is 6.92 Å². The molecule has 0 bridgehead atoms. The zero-order chi connectivity index (χ0) is 12.1. The number of hydrogen-bond acceptors (Lipinski definition) is 3. The van der Waals surface area contributed by atoms with Gasteiger partial charge in [0.15, 0.2) is 0 Å². The van der Waals surface area contributed by atoms with E-state index in [2.05, 4.69) is 0 Å². The molecule has 0 fully saturated rings. The van der Waals surface area contributed by atoms with E-state index in [0.29, 0.717) is 12.4 Å². The SMILES string of the molecule is C/C=C(\CC)OCc1cc(C(=O)O)oc1C. The maximum atomic E-state index is 10.7. The second-order valence-electron chi connectivity index (χ2n) is 3.39. The summed E-state index contributed by atoms with van der Waals surface area (Å²) in [4.78, 5) is 10.7. The molecule has 0 saturated heterocycles. The molecule has 0 spiro atoms. The van der Waals surface area contributed by atoms with E-state index in [1.165, 1.54) is 6.07 Å². The van der Waals surface area contributed by atoms with Crippen LogP contribution in [0.1, 0.15) is 42.1 Å². The first-order valence-electron chi connectivity index (χ1n) is 5.19. The normalized spacial score (nSPS) is 11.6. The van der Waals surface area contributed by atoms with Crippen LogP contribution in [0.25, 0.3) is 0 Å². The lowest BCUT2D eigenvalue weighted by atomic mass is 10.2. The van der Waals surface area contributed by atoms with Gasteiger partial charge < -0.3 is 14.3 Å². The Kier molecular flexibility index (Phi) is 4.17. The molecule has 0 unspecified atom stereocenters. The molecule has 1 heterocycles. The molecule has 0 radical (unpaired) electrons. The molecular weight excluding hydrogens is 208 g/mol. The fourth-order valence-electron chi connectivity index (χ4n) is 1.33. The van der Waals surface area contributed by atoms with Gasteiger partial charge in [-0.15, -0.1) is 0 Å². The molecule has 1 N–H and O–H groups in total. The Hall–Kier alpha value is -1.71. The highest BCUT2D eigenvalue weighted by Crippen LogP contribution is 2.17. The lowest BCUT2D eigenvalue weighted by molar-refractivity contribution is 0.0661. The fraction of sp³-hybridized carbons (Fsp3) is 0.417. The smallest absolute Gasteiger partial charge is 0.371 e. The van der Waals surface area contributed by atoms with Crippen molar-refractivity contribution in [2.75, 3.05) is 0 Å². The van der Waals surface area contributed by atoms with E-state index in [4.69, 9.17) is 14.3 Å². The molecule has 0 aliphatic rings. The van der Waals surface area contributed by atoms with E-state index >= 15 is 0 Å². The standard InChI is InChI=1S/C12H16O4/c1-4-10(5-2)15-7-9-6-11(12(13)14)16-8(9)3/h4,6H,5,7H2,1-3H3,(H,13,14)/b10-4+. The molecule has 1 aromatic heterocycles. The number of carbonyl (C=O) groups is 1. The van der Waals surface area contributed by atoms with Crippen molar-refractivity contribution >= 4 is 5.97 Å². The van der Waals surface area contributed by atoms with Gasteiger partial charge in [0.2, 0.25) is 5.76 Å². The summed E-state index contributed by atoms with van der Waals surface area (Å²) < 4.78 is 10.6. The molecule has 0 aromatic carbocycles. The van der Waals surface area contributed by atoms with Gasteiger partial charge in [0, 0.05) is 12.0 Å². The van der Waals surface area contributed by atoms with Crippen molar-refractivity contribution in [1.82, 2.24) is 0 Å². The largest absolute Gasteiger partial charge is 0.493 e. The molecule has 1 aromatic rings. The molecule has 0 aliphatic carbocycles. The summed E-state index contributed by atoms with van der Waals surface area (Å²) in [5.41, 5.74) is 0.769. The van der Waals surface area contributed by atoms with Gasteiger partial charge in [-0.3, -0.25) is 0 Å². The number of hydrogen-bond donors (Lipinski definition) is 1. The summed E-state index contributed by atoms with van der Waals surface area (Å²) in [7, 11) is 0. The highest BCUT2D eigenvalue weighted by atomic mass is 16.5. The van der Waals surface area contributed by atoms with Crippen molar-refractivity contribution in [2.45, 2.75) is 33.8 Å². The first kappa shape index (κ1) is 12.4. The first-order valence-corrected chi connectivity index (χ1v) is 5.19. The molecule has 16 heavy (non-hydrogen) atoms. The third-order valence-corrected chi connectivity index (χ3v) is 2.31. The van der Waals surface area contributed by atoms with E-state index in [-0.39, 0.29) is 5.76 Å². The van der Waals surface area contributed by atoms with Crippen molar-refractivity contribution in [1.29, 1.82) is 0 Å². The molecular formula is C12H16O4. The van der Waals surface area contributed by atoms with Crippen molar-refractivity contribution in [3.05, 3.63) is 35.0 Å². The molecule has 88 valence electrons. The number of rotatable bonds is 5. The van der Waals surface area contributed by atoms with Crippen LogP contribution in [0.3, 0.4) is 0 Å². The number of allylic oxidation sites excluding steroid dienone is 2. The zero-order valence-corrected chi connectivity index (χ0v) is 9.74. The molecule has 4 heteroatoms. The number of carboxylic acids is 1. The quantitative estimate of drug-likeness (QED) is 0.780. The third kappa shape index (κ3) is 2.89. The number of carboxylic acid groups (broad SMARTS) is 1. The van der Waals surface area contributed by atoms with Crippen molar-refractivity contribution in [2.24, 2.45) is 0 Å². The monoisotopic (exact) mass is 224 g/mol. The van der Waals surface area contributed by atoms with E-state index in [9.17, 15) is 4.79 Å². The van der Waals surface area contributed by atoms with Crippen molar-refractivity contribution in [3.63, 3.8) is 0 Å². The maximum Gasteiger partial charge on any atom is 0.371 e. The second kappa shape index (κ2) is 5.39. The van der Waals surface area contributed by atoms with Crippen LogP contribution in [0.5, 0.6) is 0 Å². The average Bonchev–Trinajstić information content (AvgIpc) is 2.62. The summed E-state index contributed by atoms with van der Waals surface area (Å²) in [6.45, 7) is 5.98. The van der Waals surface area contributed by atoms with Gasteiger partial charge in [0.25, 0.3) is 0 Å². The second-order valence-corrected chi connectivity index (χ2v) is 3.39. The maximum absolute atomic E-state index is 10.7. The van der Waals surface area contributed by atoms with E-state index in [1.807, 2.05) is 19.9 Å². The number of aromatic carboxylic acids is 1. The number of aryl methyl sites for hydroxylation is 1. The highest BCUT2D eigenvalue weighted by molar-refractivity contribution is 5.84. The average molecular weight is 224 g/mol. The Bertz CT molecular complexity index is 401. The molecule has 4 nitrogen and oxygen atoms in total. The van der Waals surface area contributed by atoms with Crippen LogP contribution in [0.15, 0.2) is 22.3 Å². The Morgan fingerprint density at radius 3 is 2.75 bits per heavy atom. The number of furan rings is 1. The summed E-state index contributed by atoms with van der Waals surface area (Å²) in [5, 5.41) is 8.75. The molecule has 0 aliphatic heterocycles. The summed E-state index contributed by atoms with van der Waals surface area (Å²) in [6, 6.07) is 1.50. The molecule has 0 amide bonds. The predicted octanol–water partition coefficient (Wildman–Crippen LogP) is 3.12. The van der Waals surface area contributed by atoms with Gasteiger partial charge in [0.05, 0.1) is 5.76 Å². The lowest BCUT2D eigenvalue weighted by Crippen LogP contribution is -1.94. The van der Waals surface area contributed by atoms with Crippen molar-refractivity contribution < 1.29 is 19.1 Å². The van der Waals surface area contributed by atoms with Crippen LogP contribution in [0, 0.1) is 6.92 Å². The van der Waals surface area contributed by atoms with Crippen LogP contribution in [-0.4, -0.2) is 11.1 Å². The van der Waals surface area contributed by atoms with Crippen LogP contribution in [-0.2, 0) is 11.3 Å². The third-order valence-electron chi connectivity index (χ3n) is 2.31. The predicted molar refractivity (Wildman–Crippen MR) is 59.2 cm³/mol. The van der Waals surface area contributed by atoms with Gasteiger partial charge >= 0.3 is 5.97 Å². The topological polar surface area (TPSA) is 59.7 Å². The molecule has 0 atom stereocenters. The van der Waals surface area contributed by atoms with Gasteiger partial charge in [-0.2, -0.15) is 0 Å². The zero-order valence-electron chi connectivity index (χ0n) is 9.74. The van der Waals surface area contributed by atoms with Crippen LogP contribution < -0.4 is 0 Å². The van der Waals surface area contributed by atoms with Crippen LogP contribution in [0.2, 0.25) is 0 Å². The van der Waals surface area contributed by atoms with Gasteiger partial charge in [-0.05, 0) is 26.0 Å². The fourth-order valence-corrected chi connectivity index (χ4v) is 1.33. The van der Waals surface area contributed by atoms with Crippen LogP contribution >= 0.6 is 0 Å². The summed E-state index contributed by atoms with van der Waals surface area (Å²) >= 11 is 0. The minimum absolute atomic E-state index is 0.0466. The van der Waals surface area contributed by atoms with E-state index < -0.39 is 5.97 Å². The highest BCUT2D eigenvalue weighted by Gasteiger charge is 2.13. The minimum Gasteiger partial charge on any atom is -0.493 e. The molecule has 0 saturated carbocycles. The van der Waals surface area contributed by atoms with Crippen LogP contribution in [0.4, 0.5) is 0 Å². The Morgan fingerprint density at radius 1 is 1.62 bits per heavy atom. The Balaban J connectivity index is 2.71. The summed E-state index contributed by atoms with van der Waals surface area (Å²) in [5.74, 6) is 0.368. The first-order chi connectivity index (χ1) is 7.58. The lowest BCUT2D eigenvalue weighted by Gasteiger charge is -2.06.